The van der Waals surface area contributed by atoms with Gasteiger partial charge in [0, 0.05) is 24.5 Å². The standard InChI is InChI=1S/C21H27N3O/c1-3-23(4-2)16-18-10-5-7-11-19(18)22-15-21(25)24-14-13-17-9-6-8-12-20(17)24/h5-12,22H,3-4,13-16H2,1-2H3. The molecule has 0 radical (unpaired) electrons. The van der Waals surface area contributed by atoms with Crippen LogP contribution in [0.25, 0.3) is 0 Å². The Morgan fingerprint density at radius 1 is 1.08 bits per heavy atom. The lowest BCUT2D eigenvalue weighted by molar-refractivity contribution is -0.116. The van der Waals surface area contributed by atoms with Crippen LogP contribution < -0.4 is 10.2 Å². The summed E-state index contributed by atoms with van der Waals surface area (Å²) in [5.74, 6) is 0.127. The number of nitrogens with one attached hydrogen (secondary N) is 1. The zero-order chi connectivity index (χ0) is 17.6. The number of hydrogen-bond donors (Lipinski definition) is 1. The van der Waals surface area contributed by atoms with Crippen molar-refractivity contribution in [3.63, 3.8) is 0 Å². The summed E-state index contributed by atoms with van der Waals surface area (Å²) in [5, 5.41) is 3.36. The molecular weight excluding hydrogens is 310 g/mol. The summed E-state index contributed by atoms with van der Waals surface area (Å²) in [6, 6.07) is 16.4. The van der Waals surface area contributed by atoms with Crippen molar-refractivity contribution in [2.45, 2.75) is 26.8 Å². The highest BCUT2D eigenvalue weighted by molar-refractivity contribution is 5.98. The molecule has 0 unspecified atom stereocenters. The third-order valence-corrected chi connectivity index (χ3v) is 4.92. The van der Waals surface area contributed by atoms with Gasteiger partial charge >= 0.3 is 0 Å². The van der Waals surface area contributed by atoms with Crippen molar-refractivity contribution in [2.75, 3.05) is 36.4 Å². The number of nitrogens with zero attached hydrogens (tertiary/aromatic N) is 2. The molecule has 2 aromatic carbocycles. The van der Waals surface area contributed by atoms with Crippen LogP contribution in [-0.4, -0.2) is 37.0 Å². The highest BCUT2D eigenvalue weighted by Crippen LogP contribution is 2.27. The second-order valence-electron chi connectivity index (χ2n) is 6.40. The Bertz CT molecular complexity index is 725. The summed E-state index contributed by atoms with van der Waals surface area (Å²) in [6.07, 6.45) is 0.945. The third kappa shape index (κ3) is 4.02. The van der Waals surface area contributed by atoms with E-state index in [4.69, 9.17) is 0 Å². The number of amides is 1. The highest BCUT2D eigenvalue weighted by Gasteiger charge is 2.23. The second kappa shape index (κ2) is 8.17. The summed E-state index contributed by atoms with van der Waals surface area (Å²) in [5.41, 5.74) is 4.61. The molecule has 3 rings (SSSR count). The van der Waals surface area contributed by atoms with Gasteiger partial charge in [-0.25, -0.2) is 0 Å². The van der Waals surface area contributed by atoms with Gasteiger partial charge in [-0.15, -0.1) is 0 Å². The lowest BCUT2D eigenvalue weighted by Gasteiger charge is -2.22. The van der Waals surface area contributed by atoms with Gasteiger partial charge < -0.3 is 10.2 Å². The Morgan fingerprint density at radius 3 is 2.60 bits per heavy atom. The first kappa shape index (κ1) is 17.5. The van der Waals surface area contributed by atoms with E-state index in [2.05, 4.69) is 48.3 Å². The molecule has 0 saturated heterocycles. The van der Waals surface area contributed by atoms with Crippen LogP contribution in [0.4, 0.5) is 11.4 Å². The minimum atomic E-state index is 0.127. The normalized spacial score (nSPS) is 13.2. The van der Waals surface area contributed by atoms with Crippen molar-refractivity contribution in [1.29, 1.82) is 0 Å². The van der Waals surface area contributed by atoms with Gasteiger partial charge in [0.05, 0.1) is 6.54 Å². The molecule has 1 N–H and O–H groups in total. The minimum absolute atomic E-state index is 0.127. The van der Waals surface area contributed by atoms with Crippen molar-refractivity contribution in [3.8, 4) is 0 Å². The maximum Gasteiger partial charge on any atom is 0.246 e. The Labute approximate surface area is 150 Å². The minimum Gasteiger partial charge on any atom is -0.376 e. The van der Waals surface area contributed by atoms with Gasteiger partial charge in [-0.1, -0.05) is 50.2 Å². The topological polar surface area (TPSA) is 35.6 Å². The average molecular weight is 337 g/mol. The van der Waals surface area contributed by atoms with E-state index in [0.717, 1.165) is 44.0 Å². The smallest absolute Gasteiger partial charge is 0.246 e. The lowest BCUT2D eigenvalue weighted by Crippen LogP contribution is -2.34. The van der Waals surface area contributed by atoms with E-state index >= 15 is 0 Å². The summed E-state index contributed by atoms with van der Waals surface area (Å²) in [7, 11) is 0. The van der Waals surface area contributed by atoms with Crippen molar-refractivity contribution in [3.05, 3.63) is 59.7 Å². The number of benzene rings is 2. The molecule has 1 aliphatic heterocycles. The molecule has 1 aliphatic rings. The zero-order valence-corrected chi connectivity index (χ0v) is 15.2. The van der Waals surface area contributed by atoms with Gasteiger partial charge in [0.25, 0.3) is 0 Å². The number of para-hydroxylation sites is 2. The molecular formula is C21H27N3O. The largest absolute Gasteiger partial charge is 0.376 e. The van der Waals surface area contributed by atoms with Crippen molar-refractivity contribution in [2.24, 2.45) is 0 Å². The molecule has 1 amide bonds. The Hall–Kier alpha value is -2.33. The summed E-state index contributed by atoms with van der Waals surface area (Å²) in [6.45, 7) is 8.39. The molecule has 0 saturated carbocycles. The highest BCUT2D eigenvalue weighted by atomic mass is 16.2. The van der Waals surface area contributed by atoms with Crippen molar-refractivity contribution in [1.82, 2.24) is 4.90 Å². The van der Waals surface area contributed by atoms with Crippen LogP contribution in [0, 0.1) is 0 Å². The average Bonchev–Trinajstić information content (AvgIpc) is 3.09. The number of fused-ring (bicyclic) bond motifs is 1. The summed E-state index contributed by atoms with van der Waals surface area (Å²) < 4.78 is 0. The van der Waals surface area contributed by atoms with Gasteiger partial charge in [-0.2, -0.15) is 0 Å². The second-order valence-corrected chi connectivity index (χ2v) is 6.40. The van der Waals surface area contributed by atoms with E-state index in [1.807, 2.05) is 29.2 Å². The SMILES string of the molecule is CCN(CC)Cc1ccccc1NCC(=O)N1CCc2ccccc21. The van der Waals surface area contributed by atoms with Gasteiger partial charge in [-0.3, -0.25) is 9.69 Å². The van der Waals surface area contributed by atoms with Crippen LogP contribution in [0.15, 0.2) is 48.5 Å². The van der Waals surface area contributed by atoms with E-state index in [9.17, 15) is 4.79 Å². The lowest BCUT2D eigenvalue weighted by atomic mass is 10.1. The summed E-state index contributed by atoms with van der Waals surface area (Å²) >= 11 is 0. The molecule has 25 heavy (non-hydrogen) atoms. The van der Waals surface area contributed by atoms with E-state index in [0.29, 0.717) is 6.54 Å². The molecule has 4 nitrogen and oxygen atoms in total. The Balaban J connectivity index is 1.65. The van der Waals surface area contributed by atoms with E-state index in [1.165, 1.54) is 11.1 Å². The number of carbonyl (C=O) groups is 1. The molecule has 132 valence electrons. The maximum atomic E-state index is 12.7. The number of hydrogen-bond acceptors (Lipinski definition) is 3. The first-order chi connectivity index (χ1) is 12.2. The van der Waals surface area contributed by atoms with Crippen LogP contribution in [0.1, 0.15) is 25.0 Å². The predicted molar refractivity (Wildman–Crippen MR) is 104 cm³/mol. The fourth-order valence-corrected chi connectivity index (χ4v) is 3.38. The van der Waals surface area contributed by atoms with Gasteiger partial charge in [0.2, 0.25) is 5.91 Å². The molecule has 4 heteroatoms. The van der Waals surface area contributed by atoms with Crippen LogP contribution in [-0.2, 0) is 17.8 Å². The molecule has 0 spiro atoms. The van der Waals surface area contributed by atoms with E-state index in [1.54, 1.807) is 0 Å². The first-order valence-electron chi connectivity index (χ1n) is 9.15. The van der Waals surface area contributed by atoms with Crippen LogP contribution in [0.3, 0.4) is 0 Å². The van der Waals surface area contributed by atoms with Crippen LogP contribution in [0.2, 0.25) is 0 Å². The fraction of sp³-hybridized carbons (Fsp3) is 0.381. The predicted octanol–water partition coefficient (Wildman–Crippen LogP) is 3.53. The summed E-state index contributed by atoms with van der Waals surface area (Å²) in [4.78, 5) is 17.0. The maximum absolute atomic E-state index is 12.7. The Kier molecular flexibility index (Phi) is 5.71. The fourth-order valence-electron chi connectivity index (χ4n) is 3.38. The number of anilines is 2. The number of carbonyl (C=O) groups excluding carboxylic acids is 1. The van der Waals surface area contributed by atoms with Crippen LogP contribution >= 0.6 is 0 Å². The third-order valence-electron chi connectivity index (χ3n) is 4.92. The zero-order valence-electron chi connectivity index (χ0n) is 15.2. The van der Waals surface area contributed by atoms with Crippen molar-refractivity contribution >= 4 is 17.3 Å². The monoisotopic (exact) mass is 337 g/mol. The number of rotatable bonds is 7. The van der Waals surface area contributed by atoms with Crippen molar-refractivity contribution < 1.29 is 4.79 Å². The van der Waals surface area contributed by atoms with Crippen LogP contribution in [0.5, 0.6) is 0 Å². The quantitative estimate of drug-likeness (QED) is 0.839. The van der Waals surface area contributed by atoms with E-state index < -0.39 is 0 Å². The van der Waals surface area contributed by atoms with Gasteiger partial charge in [0.1, 0.15) is 0 Å². The van der Waals surface area contributed by atoms with Gasteiger partial charge in [-0.05, 0) is 42.8 Å². The van der Waals surface area contributed by atoms with Gasteiger partial charge in [0.15, 0.2) is 0 Å². The first-order valence-corrected chi connectivity index (χ1v) is 9.15. The molecule has 0 fully saturated rings. The molecule has 0 aliphatic carbocycles. The Morgan fingerprint density at radius 2 is 1.80 bits per heavy atom. The van der Waals surface area contributed by atoms with E-state index in [-0.39, 0.29) is 5.91 Å². The molecule has 0 bridgehead atoms. The molecule has 2 aromatic rings. The molecule has 1 heterocycles. The molecule has 0 atom stereocenters. The molecule has 0 aromatic heterocycles.